The van der Waals surface area contributed by atoms with Gasteiger partial charge in [0, 0.05) is 7.05 Å². The molecule has 0 radical (unpaired) electrons. The average molecular weight is 486 g/mol. The van der Waals surface area contributed by atoms with Crippen LogP contribution in [0.25, 0.3) is 0 Å². The normalized spacial score (nSPS) is 11.7. The molecule has 0 amide bonds. The summed E-state index contributed by atoms with van der Waals surface area (Å²) in [7, 11) is 1.73. The van der Waals surface area contributed by atoms with E-state index in [1.165, 1.54) is 5.56 Å². The van der Waals surface area contributed by atoms with Crippen LogP contribution in [0, 0.1) is 13.8 Å². The van der Waals surface area contributed by atoms with Crippen molar-refractivity contribution in [3.63, 3.8) is 0 Å². The van der Waals surface area contributed by atoms with Crippen LogP contribution in [0.4, 0.5) is 0 Å². The number of ether oxygens (including phenoxy) is 1. The highest BCUT2D eigenvalue weighted by atomic mass is 127. The molecule has 0 aliphatic rings. The number of aryl methyl sites for hydroxylation is 2. The van der Waals surface area contributed by atoms with E-state index in [1.807, 2.05) is 26.0 Å². The first-order valence-electron chi connectivity index (χ1n) is 8.90. The summed E-state index contributed by atoms with van der Waals surface area (Å²) in [6, 6.07) is 8.26. The molecule has 0 unspecified atom stereocenters. The summed E-state index contributed by atoms with van der Waals surface area (Å²) < 4.78 is 11.3. The van der Waals surface area contributed by atoms with Gasteiger partial charge in [0.25, 0.3) is 0 Å². The molecule has 0 bridgehead atoms. The first-order chi connectivity index (χ1) is 12.3. The molecule has 0 saturated heterocycles. The lowest BCUT2D eigenvalue weighted by Gasteiger charge is -2.19. The molecule has 0 aliphatic carbocycles. The maximum absolute atomic E-state index is 5.77. The van der Waals surface area contributed by atoms with E-state index in [-0.39, 0.29) is 29.4 Å². The fraction of sp³-hybridized carbons (Fsp3) is 0.500. The molecule has 0 aliphatic heterocycles. The molecule has 1 heterocycles. The fourth-order valence-corrected chi connectivity index (χ4v) is 2.38. The zero-order valence-corrected chi connectivity index (χ0v) is 19.4. The lowest BCUT2D eigenvalue weighted by molar-refractivity contribution is 0.321. The van der Waals surface area contributed by atoms with E-state index in [0.717, 1.165) is 17.2 Å². The molecular weight excluding hydrogens is 455 g/mol. The number of nitrogens with one attached hydrogen (secondary N) is 2. The molecule has 1 aromatic carbocycles. The SMILES string of the molecule is CN=C(NCCOc1ccc(C(C)(C)C)cc1)NCc1nc(C)c(C)o1.I. The van der Waals surface area contributed by atoms with Crippen LogP contribution < -0.4 is 15.4 Å². The van der Waals surface area contributed by atoms with E-state index in [2.05, 4.69) is 53.5 Å². The van der Waals surface area contributed by atoms with Gasteiger partial charge in [-0.3, -0.25) is 4.99 Å². The smallest absolute Gasteiger partial charge is 0.214 e. The number of rotatable bonds is 6. The lowest BCUT2D eigenvalue weighted by Crippen LogP contribution is -2.38. The van der Waals surface area contributed by atoms with Crippen LogP contribution in [0.5, 0.6) is 5.75 Å². The molecule has 0 spiro atoms. The summed E-state index contributed by atoms with van der Waals surface area (Å²) in [6.07, 6.45) is 0. The molecule has 2 aromatic rings. The number of benzene rings is 1. The van der Waals surface area contributed by atoms with Gasteiger partial charge in [0.15, 0.2) is 5.96 Å². The second-order valence-electron chi connectivity index (χ2n) is 7.22. The van der Waals surface area contributed by atoms with Crippen LogP contribution in [0.1, 0.15) is 43.7 Å². The van der Waals surface area contributed by atoms with E-state index >= 15 is 0 Å². The molecule has 27 heavy (non-hydrogen) atoms. The molecule has 0 saturated carbocycles. The van der Waals surface area contributed by atoms with E-state index in [0.29, 0.717) is 31.5 Å². The van der Waals surface area contributed by atoms with E-state index in [1.54, 1.807) is 7.05 Å². The van der Waals surface area contributed by atoms with E-state index in [4.69, 9.17) is 9.15 Å². The Labute approximate surface area is 179 Å². The lowest BCUT2D eigenvalue weighted by atomic mass is 9.87. The van der Waals surface area contributed by atoms with Crippen molar-refractivity contribution in [1.82, 2.24) is 15.6 Å². The first kappa shape index (κ1) is 23.3. The second kappa shape index (κ2) is 10.5. The zero-order chi connectivity index (χ0) is 19.2. The summed E-state index contributed by atoms with van der Waals surface area (Å²) in [5.41, 5.74) is 2.36. The van der Waals surface area contributed by atoms with Crippen LogP contribution in [-0.2, 0) is 12.0 Å². The minimum Gasteiger partial charge on any atom is -0.492 e. The molecule has 150 valence electrons. The molecule has 2 N–H and O–H groups in total. The van der Waals surface area contributed by atoms with Gasteiger partial charge in [-0.15, -0.1) is 24.0 Å². The fourth-order valence-electron chi connectivity index (χ4n) is 2.38. The van der Waals surface area contributed by atoms with Gasteiger partial charge in [-0.05, 0) is 37.0 Å². The Balaban J connectivity index is 0.00000364. The van der Waals surface area contributed by atoms with Crippen LogP contribution in [0.15, 0.2) is 33.7 Å². The van der Waals surface area contributed by atoms with Crippen LogP contribution in [0.2, 0.25) is 0 Å². The van der Waals surface area contributed by atoms with Gasteiger partial charge >= 0.3 is 0 Å². The molecule has 6 nitrogen and oxygen atoms in total. The predicted octanol–water partition coefficient (Wildman–Crippen LogP) is 3.95. The zero-order valence-electron chi connectivity index (χ0n) is 17.0. The average Bonchev–Trinajstić information content (AvgIpc) is 2.92. The summed E-state index contributed by atoms with van der Waals surface area (Å²) in [5.74, 6) is 3.05. The van der Waals surface area contributed by atoms with Crippen LogP contribution >= 0.6 is 24.0 Å². The number of halogens is 1. The minimum atomic E-state index is 0. The van der Waals surface area contributed by atoms with Gasteiger partial charge in [-0.1, -0.05) is 32.9 Å². The summed E-state index contributed by atoms with van der Waals surface area (Å²) in [6.45, 7) is 12.1. The molecule has 1 aromatic heterocycles. The van der Waals surface area contributed by atoms with Gasteiger partial charge in [0.05, 0.1) is 18.8 Å². The molecular formula is C20H31IN4O2. The highest BCUT2D eigenvalue weighted by molar-refractivity contribution is 14.0. The van der Waals surface area contributed by atoms with E-state index < -0.39 is 0 Å². The largest absolute Gasteiger partial charge is 0.492 e. The van der Waals surface area contributed by atoms with Gasteiger partial charge < -0.3 is 19.8 Å². The molecule has 0 fully saturated rings. The molecule has 0 atom stereocenters. The number of aliphatic imine (C=N–C) groups is 1. The Bertz CT molecular complexity index is 714. The van der Waals surface area contributed by atoms with Crippen molar-refractivity contribution in [2.45, 2.75) is 46.6 Å². The van der Waals surface area contributed by atoms with Gasteiger partial charge in [0.2, 0.25) is 5.89 Å². The highest BCUT2D eigenvalue weighted by Crippen LogP contribution is 2.24. The van der Waals surface area contributed by atoms with Crippen molar-refractivity contribution in [3.8, 4) is 5.75 Å². The summed E-state index contributed by atoms with van der Waals surface area (Å²) in [4.78, 5) is 8.53. The Morgan fingerprint density at radius 3 is 2.33 bits per heavy atom. The van der Waals surface area contributed by atoms with Crippen molar-refractivity contribution in [2.24, 2.45) is 4.99 Å². The Morgan fingerprint density at radius 2 is 1.81 bits per heavy atom. The quantitative estimate of drug-likeness (QED) is 0.280. The maximum atomic E-state index is 5.77. The van der Waals surface area contributed by atoms with Crippen LogP contribution in [0.3, 0.4) is 0 Å². The maximum Gasteiger partial charge on any atom is 0.214 e. The van der Waals surface area contributed by atoms with Crippen LogP contribution in [-0.4, -0.2) is 31.1 Å². The van der Waals surface area contributed by atoms with Gasteiger partial charge in [-0.25, -0.2) is 4.98 Å². The Morgan fingerprint density at radius 1 is 1.15 bits per heavy atom. The molecule has 7 heteroatoms. The summed E-state index contributed by atoms with van der Waals surface area (Å²) in [5, 5.41) is 6.39. The second-order valence-corrected chi connectivity index (χ2v) is 7.22. The first-order valence-corrected chi connectivity index (χ1v) is 8.90. The third-order valence-electron chi connectivity index (χ3n) is 4.09. The number of hydrogen-bond acceptors (Lipinski definition) is 4. The van der Waals surface area contributed by atoms with Crippen molar-refractivity contribution < 1.29 is 9.15 Å². The molecule has 2 rings (SSSR count). The Hall–Kier alpha value is -1.77. The third kappa shape index (κ3) is 7.40. The topological polar surface area (TPSA) is 71.7 Å². The summed E-state index contributed by atoms with van der Waals surface area (Å²) >= 11 is 0. The standard InChI is InChI=1S/C20H30N4O2.HI/c1-14-15(2)26-18(24-14)13-23-19(21-6)22-11-12-25-17-9-7-16(8-10-17)20(3,4)5;/h7-10H,11-13H2,1-6H3,(H2,21,22,23);1H. The van der Waals surface area contributed by atoms with Gasteiger partial charge in [0.1, 0.15) is 18.1 Å². The van der Waals surface area contributed by atoms with E-state index in [9.17, 15) is 0 Å². The number of nitrogens with zero attached hydrogens (tertiary/aromatic N) is 2. The number of hydrogen-bond donors (Lipinski definition) is 2. The van der Waals surface area contributed by atoms with Gasteiger partial charge in [-0.2, -0.15) is 0 Å². The predicted molar refractivity (Wildman–Crippen MR) is 120 cm³/mol. The number of guanidine groups is 1. The number of oxazole rings is 1. The minimum absolute atomic E-state index is 0. The highest BCUT2D eigenvalue weighted by Gasteiger charge is 2.13. The van der Waals surface area contributed by atoms with Crippen molar-refractivity contribution in [2.75, 3.05) is 20.2 Å². The monoisotopic (exact) mass is 486 g/mol. The van der Waals surface area contributed by atoms with Crippen molar-refractivity contribution in [1.29, 1.82) is 0 Å². The van der Waals surface area contributed by atoms with Crippen molar-refractivity contribution >= 4 is 29.9 Å². The number of aromatic nitrogens is 1. The third-order valence-corrected chi connectivity index (χ3v) is 4.09. The Kier molecular flexibility index (Phi) is 9.08. The van der Waals surface area contributed by atoms with Crippen molar-refractivity contribution in [3.05, 3.63) is 47.2 Å².